The third kappa shape index (κ3) is 2.47. The van der Waals surface area contributed by atoms with Gasteiger partial charge in [0.15, 0.2) is 0 Å². The van der Waals surface area contributed by atoms with Crippen molar-refractivity contribution in [2.24, 2.45) is 0 Å². The Morgan fingerprint density at radius 3 is 1.76 bits per heavy atom. The Morgan fingerprint density at radius 2 is 0.947 bits per heavy atom. The van der Waals surface area contributed by atoms with Gasteiger partial charge >= 0.3 is 0 Å². The summed E-state index contributed by atoms with van der Waals surface area (Å²) in [5.41, 5.74) is 7.40. The van der Waals surface area contributed by atoms with Gasteiger partial charge in [-0.1, -0.05) is 103 Å². The van der Waals surface area contributed by atoms with Crippen LogP contribution in [0.1, 0.15) is 0 Å². The zero-order valence-corrected chi connectivity index (χ0v) is 20.6. The molecule has 38 heavy (non-hydrogen) atoms. The summed E-state index contributed by atoms with van der Waals surface area (Å²) in [6.45, 7) is 0. The van der Waals surface area contributed by atoms with Gasteiger partial charge in [-0.2, -0.15) is 0 Å². The summed E-state index contributed by atoms with van der Waals surface area (Å²) in [6.07, 6.45) is 0. The van der Waals surface area contributed by atoms with E-state index in [9.17, 15) is 0 Å². The van der Waals surface area contributed by atoms with Crippen LogP contribution in [-0.4, -0.2) is 8.97 Å². The molecular weight excluding hydrogens is 460 g/mol. The van der Waals surface area contributed by atoms with E-state index in [-0.39, 0.29) is 0 Å². The molecule has 0 aliphatic rings. The minimum absolute atomic E-state index is 1.18. The number of hydrogen-bond donors (Lipinski definition) is 0. The zero-order chi connectivity index (χ0) is 24.8. The SMILES string of the molecule is c1ccc2cc(-n3c4cccc5c6ccccc6c6ccccc6n6c7ccccc7c3c6c54)ccc2c1. The molecule has 0 atom stereocenters. The lowest BCUT2D eigenvalue weighted by molar-refractivity contribution is 1.19. The number of para-hydroxylation sites is 2. The number of benzene rings is 6. The minimum atomic E-state index is 1.18. The fourth-order valence-electron chi connectivity index (χ4n) is 6.68. The third-order valence-corrected chi connectivity index (χ3v) is 8.24. The van der Waals surface area contributed by atoms with Crippen molar-refractivity contribution in [3.8, 4) is 5.69 Å². The summed E-state index contributed by atoms with van der Waals surface area (Å²) in [5, 5.41) is 10.2. The van der Waals surface area contributed by atoms with Gasteiger partial charge in [-0.3, -0.25) is 0 Å². The molecule has 176 valence electrons. The maximum atomic E-state index is 2.50. The summed E-state index contributed by atoms with van der Waals surface area (Å²) in [6, 6.07) is 48.8. The number of fused-ring (bicyclic) bond motifs is 9. The Hall–Kier alpha value is -5.08. The lowest BCUT2D eigenvalue weighted by Crippen LogP contribution is -1.94. The van der Waals surface area contributed by atoms with Gasteiger partial charge < -0.3 is 8.97 Å². The highest BCUT2D eigenvalue weighted by Crippen LogP contribution is 2.44. The molecule has 0 spiro atoms. The maximum Gasteiger partial charge on any atom is 0.0810 e. The van der Waals surface area contributed by atoms with Crippen LogP contribution in [0.3, 0.4) is 0 Å². The number of nitrogens with zero attached hydrogens (tertiary/aromatic N) is 2. The summed E-state index contributed by atoms with van der Waals surface area (Å²) in [7, 11) is 0. The highest BCUT2D eigenvalue weighted by Gasteiger charge is 2.22. The van der Waals surface area contributed by atoms with E-state index < -0.39 is 0 Å². The van der Waals surface area contributed by atoms with Crippen LogP contribution in [-0.2, 0) is 0 Å². The van der Waals surface area contributed by atoms with E-state index >= 15 is 0 Å². The van der Waals surface area contributed by atoms with Gasteiger partial charge in [0.2, 0.25) is 0 Å². The molecule has 2 heteroatoms. The third-order valence-electron chi connectivity index (χ3n) is 8.24. The highest BCUT2D eigenvalue weighted by atomic mass is 15.0. The zero-order valence-electron chi connectivity index (χ0n) is 20.6. The monoisotopic (exact) mass is 482 g/mol. The fraction of sp³-hybridized carbons (Fsp3) is 0. The quantitative estimate of drug-likeness (QED) is 0.220. The molecule has 0 saturated heterocycles. The topological polar surface area (TPSA) is 9.34 Å². The van der Waals surface area contributed by atoms with Gasteiger partial charge in [-0.25, -0.2) is 0 Å². The molecule has 0 bridgehead atoms. The first-order valence-corrected chi connectivity index (χ1v) is 13.1. The van der Waals surface area contributed by atoms with E-state index in [1.165, 1.54) is 76.4 Å². The maximum absolute atomic E-state index is 2.50. The number of hydrogen-bond acceptors (Lipinski definition) is 0. The van der Waals surface area contributed by atoms with Crippen molar-refractivity contribution in [3.63, 3.8) is 0 Å². The number of rotatable bonds is 1. The molecule has 0 radical (unpaired) electrons. The van der Waals surface area contributed by atoms with E-state index in [0.29, 0.717) is 0 Å². The van der Waals surface area contributed by atoms with Crippen LogP contribution in [0.25, 0.3) is 76.4 Å². The van der Waals surface area contributed by atoms with E-state index in [1.807, 2.05) is 0 Å². The average molecular weight is 483 g/mol. The molecule has 0 N–H and O–H groups in total. The molecule has 0 unspecified atom stereocenters. The molecule has 3 heterocycles. The van der Waals surface area contributed by atoms with E-state index in [2.05, 4.69) is 142 Å². The lowest BCUT2D eigenvalue weighted by Gasteiger charge is -2.11. The minimum Gasteiger partial charge on any atom is -0.307 e. The summed E-state index contributed by atoms with van der Waals surface area (Å²) >= 11 is 0. The Labute approximate surface area is 218 Å². The highest BCUT2D eigenvalue weighted by molar-refractivity contribution is 6.29. The fourth-order valence-corrected chi connectivity index (χ4v) is 6.68. The number of aromatic nitrogens is 2. The molecule has 3 aromatic heterocycles. The van der Waals surface area contributed by atoms with Crippen LogP contribution in [0.15, 0.2) is 133 Å². The van der Waals surface area contributed by atoms with Gasteiger partial charge in [0, 0.05) is 21.8 Å². The Morgan fingerprint density at radius 1 is 0.368 bits per heavy atom. The van der Waals surface area contributed by atoms with Gasteiger partial charge in [0.1, 0.15) is 0 Å². The standard InChI is InChI=1S/C36H22N2/c1-2-11-24-22-25(21-20-23(24)10-1)37-33-19-9-16-29-27-13-4-3-12-26(27)28-14-5-7-17-31(28)38-32-18-8-6-15-30(32)35(37)36(38)34(29)33/h1-22H. The van der Waals surface area contributed by atoms with Gasteiger partial charge in [-0.15, -0.1) is 0 Å². The average Bonchev–Trinajstić information content (AvgIpc) is 3.49. The van der Waals surface area contributed by atoms with Crippen LogP contribution in [0.2, 0.25) is 0 Å². The largest absolute Gasteiger partial charge is 0.307 e. The molecule has 2 nitrogen and oxygen atoms in total. The second-order valence-electron chi connectivity index (χ2n) is 10.2. The normalized spacial score (nSPS) is 12.2. The van der Waals surface area contributed by atoms with E-state index in [4.69, 9.17) is 0 Å². The molecule has 0 aliphatic heterocycles. The van der Waals surface area contributed by atoms with Crippen LogP contribution >= 0.6 is 0 Å². The van der Waals surface area contributed by atoms with E-state index in [1.54, 1.807) is 0 Å². The van der Waals surface area contributed by atoms with Crippen LogP contribution in [0.5, 0.6) is 0 Å². The molecule has 0 saturated carbocycles. The smallest absolute Gasteiger partial charge is 0.0810 e. The molecule has 0 fully saturated rings. The van der Waals surface area contributed by atoms with Crippen molar-refractivity contribution in [2.45, 2.75) is 0 Å². The first kappa shape index (κ1) is 20.0. The summed E-state index contributed by atoms with van der Waals surface area (Å²) in [5.74, 6) is 0. The molecule has 9 rings (SSSR count). The van der Waals surface area contributed by atoms with Crippen LogP contribution < -0.4 is 0 Å². The van der Waals surface area contributed by atoms with Crippen LogP contribution in [0, 0.1) is 0 Å². The second-order valence-corrected chi connectivity index (χ2v) is 10.2. The lowest BCUT2D eigenvalue weighted by atomic mass is 10.0. The molecule has 0 amide bonds. The van der Waals surface area contributed by atoms with Gasteiger partial charge in [-0.05, 0) is 57.3 Å². The van der Waals surface area contributed by atoms with Gasteiger partial charge in [0.25, 0.3) is 0 Å². The molecule has 9 aromatic rings. The van der Waals surface area contributed by atoms with Crippen molar-refractivity contribution >= 4 is 70.7 Å². The summed E-state index contributed by atoms with van der Waals surface area (Å²) in [4.78, 5) is 0. The Balaban J connectivity index is 1.66. The van der Waals surface area contributed by atoms with Crippen LogP contribution in [0.4, 0.5) is 0 Å². The Kier molecular flexibility index (Phi) is 3.82. The second kappa shape index (κ2) is 7.24. The molecule has 6 aromatic carbocycles. The van der Waals surface area contributed by atoms with Gasteiger partial charge in [0.05, 0.1) is 27.6 Å². The first-order chi connectivity index (χ1) is 18.9. The molecular formula is C36H22N2. The van der Waals surface area contributed by atoms with Crippen molar-refractivity contribution in [1.82, 2.24) is 8.97 Å². The molecule has 0 aliphatic carbocycles. The van der Waals surface area contributed by atoms with Crippen molar-refractivity contribution < 1.29 is 0 Å². The predicted octanol–water partition coefficient (Wildman–Crippen LogP) is 9.65. The van der Waals surface area contributed by atoms with E-state index in [0.717, 1.165) is 0 Å². The predicted molar refractivity (Wildman–Crippen MR) is 162 cm³/mol. The first-order valence-electron chi connectivity index (χ1n) is 13.1. The van der Waals surface area contributed by atoms with Crippen molar-refractivity contribution in [3.05, 3.63) is 133 Å². The summed E-state index contributed by atoms with van der Waals surface area (Å²) < 4.78 is 4.98. The Bertz CT molecular complexity index is 2400. The van der Waals surface area contributed by atoms with Crippen molar-refractivity contribution in [1.29, 1.82) is 0 Å². The van der Waals surface area contributed by atoms with Crippen molar-refractivity contribution in [2.75, 3.05) is 0 Å².